The van der Waals surface area contributed by atoms with E-state index in [1.54, 1.807) is 0 Å². The molecule has 0 radical (unpaired) electrons. The lowest BCUT2D eigenvalue weighted by molar-refractivity contribution is -0.173. The molecule has 0 bridgehead atoms. The molecule has 4 nitrogen and oxygen atoms in total. The zero-order chi connectivity index (χ0) is 13.5. The van der Waals surface area contributed by atoms with Gasteiger partial charge in [0.2, 0.25) is 5.91 Å². The van der Waals surface area contributed by atoms with Crippen LogP contribution in [0.1, 0.15) is 20.3 Å². The molecule has 1 amide bonds. The van der Waals surface area contributed by atoms with Crippen molar-refractivity contribution < 1.29 is 22.7 Å². The first-order chi connectivity index (χ1) is 7.72. The monoisotopic (exact) mass is 256 g/mol. The first kappa shape index (κ1) is 16.2. The van der Waals surface area contributed by atoms with Crippen LogP contribution in [0.5, 0.6) is 0 Å². The minimum Gasteiger partial charge on any atom is -0.370 e. The van der Waals surface area contributed by atoms with Crippen molar-refractivity contribution in [1.29, 1.82) is 0 Å². The van der Waals surface area contributed by atoms with Gasteiger partial charge >= 0.3 is 6.18 Å². The van der Waals surface area contributed by atoms with Gasteiger partial charge in [-0.2, -0.15) is 13.2 Å². The predicted molar refractivity (Wildman–Crippen MR) is 57.3 cm³/mol. The van der Waals surface area contributed by atoms with Gasteiger partial charge in [-0.25, -0.2) is 0 Å². The lowest BCUT2D eigenvalue weighted by Gasteiger charge is -2.14. The highest BCUT2D eigenvalue weighted by molar-refractivity contribution is 5.81. The topological polar surface area (TPSA) is 64.4 Å². The van der Waals surface area contributed by atoms with Gasteiger partial charge in [-0.05, 0) is 12.3 Å². The van der Waals surface area contributed by atoms with E-state index in [0.29, 0.717) is 6.42 Å². The number of hydrogen-bond acceptors (Lipinski definition) is 3. The summed E-state index contributed by atoms with van der Waals surface area (Å²) in [6.07, 6.45) is -3.80. The Morgan fingerprint density at radius 1 is 1.41 bits per heavy atom. The first-order valence-electron chi connectivity index (χ1n) is 5.40. The zero-order valence-corrected chi connectivity index (χ0v) is 10.0. The third-order valence-electron chi connectivity index (χ3n) is 1.87. The van der Waals surface area contributed by atoms with Gasteiger partial charge in [0.05, 0.1) is 12.6 Å². The number of hydrogen-bond donors (Lipinski definition) is 2. The standard InChI is InChI=1S/C10H19F3N2O2/c1-7(2)5-8(14)9(16)15-3-4-17-6-10(11,12)13/h7-8H,3-6,14H2,1-2H3,(H,15,16)/t8-/m1/s1. The Morgan fingerprint density at radius 2 is 2.00 bits per heavy atom. The van der Waals surface area contributed by atoms with Crippen LogP contribution in [0, 0.1) is 5.92 Å². The number of ether oxygens (including phenoxy) is 1. The van der Waals surface area contributed by atoms with Crippen molar-refractivity contribution in [2.24, 2.45) is 11.7 Å². The van der Waals surface area contributed by atoms with E-state index in [4.69, 9.17) is 5.73 Å². The van der Waals surface area contributed by atoms with Gasteiger partial charge in [-0.3, -0.25) is 4.79 Å². The highest BCUT2D eigenvalue weighted by Gasteiger charge is 2.27. The van der Waals surface area contributed by atoms with Crippen LogP contribution >= 0.6 is 0 Å². The van der Waals surface area contributed by atoms with Gasteiger partial charge in [0.1, 0.15) is 6.61 Å². The van der Waals surface area contributed by atoms with Crippen LogP contribution in [0.2, 0.25) is 0 Å². The molecule has 0 heterocycles. The summed E-state index contributed by atoms with van der Waals surface area (Å²) in [5.74, 6) is -0.0773. The molecule has 0 unspecified atom stereocenters. The average Bonchev–Trinajstić information content (AvgIpc) is 2.13. The van der Waals surface area contributed by atoms with E-state index in [1.807, 2.05) is 13.8 Å². The molecule has 7 heteroatoms. The van der Waals surface area contributed by atoms with Crippen LogP contribution in [0.15, 0.2) is 0 Å². The van der Waals surface area contributed by atoms with Crippen molar-refractivity contribution in [2.45, 2.75) is 32.5 Å². The molecule has 0 rings (SSSR count). The lowest BCUT2D eigenvalue weighted by atomic mass is 10.0. The number of carbonyl (C=O) groups excluding carboxylic acids is 1. The summed E-state index contributed by atoms with van der Waals surface area (Å²) < 4.78 is 39.4. The second-order valence-corrected chi connectivity index (χ2v) is 4.19. The van der Waals surface area contributed by atoms with Gasteiger partial charge in [0, 0.05) is 6.54 Å². The third kappa shape index (κ3) is 10.1. The molecule has 0 fully saturated rings. The summed E-state index contributed by atoms with van der Waals surface area (Å²) in [6, 6.07) is -0.627. The van der Waals surface area contributed by atoms with Gasteiger partial charge in [0.25, 0.3) is 0 Å². The van der Waals surface area contributed by atoms with Crippen LogP contribution in [0.25, 0.3) is 0 Å². The van der Waals surface area contributed by atoms with Crippen molar-refractivity contribution in [3.63, 3.8) is 0 Å². The summed E-state index contributed by atoms with van der Waals surface area (Å²) in [5.41, 5.74) is 5.57. The SMILES string of the molecule is CC(C)C[C@@H](N)C(=O)NCCOCC(F)(F)F. The Morgan fingerprint density at radius 3 is 2.47 bits per heavy atom. The molecule has 0 saturated carbocycles. The van der Waals surface area contributed by atoms with Crippen molar-refractivity contribution in [3.8, 4) is 0 Å². The molecular formula is C10H19F3N2O2. The molecule has 0 aliphatic carbocycles. The van der Waals surface area contributed by atoms with E-state index < -0.39 is 18.8 Å². The fraction of sp³-hybridized carbons (Fsp3) is 0.900. The molecule has 0 aromatic rings. The largest absolute Gasteiger partial charge is 0.411 e. The number of rotatable bonds is 7. The van der Waals surface area contributed by atoms with E-state index in [1.165, 1.54) is 0 Å². The number of alkyl halides is 3. The smallest absolute Gasteiger partial charge is 0.370 e. The first-order valence-corrected chi connectivity index (χ1v) is 5.40. The van der Waals surface area contributed by atoms with Gasteiger partial charge in [-0.15, -0.1) is 0 Å². The molecule has 3 N–H and O–H groups in total. The molecule has 0 aromatic carbocycles. The number of amides is 1. The van der Waals surface area contributed by atoms with Crippen molar-refractivity contribution in [1.82, 2.24) is 5.32 Å². The Labute approximate surface area is 98.7 Å². The van der Waals surface area contributed by atoms with Gasteiger partial charge in [0.15, 0.2) is 0 Å². The molecule has 17 heavy (non-hydrogen) atoms. The quantitative estimate of drug-likeness (QED) is 0.669. The second-order valence-electron chi connectivity index (χ2n) is 4.19. The van der Waals surface area contributed by atoms with E-state index in [9.17, 15) is 18.0 Å². The molecule has 0 spiro atoms. The number of carbonyl (C=O) groups is 1. The predicted octanol–water partition coefficient (Wildman–Crippen LogP) is 1.05. The molecule has 1 atom stereocenters. The highest BCUT2D eigenvalue weighted by Crippen LogP contribution is 2.13. The Kier molecular flexibility index (Phi) is 7.13. The van der Waals surface area contributed by atoms with E-state index in [2.05, 4.69) is 10.1 Å². The van der Waals surface area contributed by atoms with Crippen molar-refractivity contribution in [3.05, 3.63) is 0 Å². The van der Waals surface area contributed by atoms with Crippen LogP contribution in [0.3, 0.4) is 0 Å². The Hall–Kier alpha value is -0.820. The Bertz CT molecular complexity index is 232. The minimum atomic E-state index is -4.34. The third-order valence-corrected chi connectivity index (χ3v) is 1.87. The number of halogens is 3. The van der Waals surface area contributed by atoms with Gasteiger partial charge < -0.3 is 15.8 Å². The van der Waals surface area contributed by atoms with Crippen molar-refractivity contribution in [2.75, 3.05) is 19.8 Å². The fourth-order valence-electron chi connectivity index (χ4n) is 1.18. The average molecular weight is 256 g/mol. The summed E-state index contributed by atoms with van der Waals surface area (Å²) in [7, 11) is 0. The lowest BCUT2D eigenvalue weighted by Crippen LogP contribution is -2.42. The van der Waals surface area contributed by atoms with Crippen LogP contribution in [-0.2, 0) is 9.53 Å². The van der Waals surface area contributed by atoms with E-state index in [0.717, 1.165) is 0 Å². The zero-order valence-electron chi connectivity index (χ0n) is 10.0. The van der Waals surface area contributed by atoms with E-state index >= 15 is 0 Å². The maximum atomic E-state index is 11.7. The summed E-state index contributed by atoms with van der Waals surface area (Å²) in [6.45, 7) is 2.40. The molecule has 102 valence electrons. The molecular weight excluding hydrogens is 237 g/mol. The second kappa shape index (κ2) is 7.50. The van der Waals surface area contributed by atoms with Crippen LogP contribution in [-0.4, -0.2) is 37.9 Å². The molecule has 0 aliphatic rings. The van der Waals surface area contributed by atoms with Gasteiger partial charge in [-0.1, -0.05) is 13.8 Å². The maximum absolute atomic E-state index is 11.7. The maximum Gasteiger partial charge on any atom is 0.411 e. The minimum absolute atomic E-state index is 0.0285. The molecule has 0 aliphatic heterocycles. The fourth-order valence-corrected chi connectivity index (χ4v) is 1.18. The normalized spacial score (nSPS) is 13.8. The van der Waals surface area contributed by atoms with Crippen LogP contribution in [0.4, 0.5) is 13.2 Å². The molecule has 0 aromatic heterocycles. The summed E-state index contributed by atoms with van der Waals surface area (Å²) >= 11 is 0. The van der Waals surface area contributed by atoms with E-state index in [-0.39, 0.29) is 25.0 Å². The number of nitrogens with one attached hydrogen (secondary N) is 1. The summed E-state index contributed by atoms with van der Waals surface area (Å²) in [5, 5.41) is 2.42. The van der Waals surface area contributed by atoms with Crippen LogP contribution < -0.4 is 11.1 Å². The summed E-state index contributed by atoms with van der Waals surface area (Å²) in [4.78, 5) is 11.3. The molecule has 0 saturated heterocycles. The highest BCUT2D eigenvalue weighted by atomic mass is 19.4. The Balaban J connectivity index is 3.58. The number of nitrogens with two attached hydrogens (primary N) is 1. The van der Waals surface area contributed by atoms with Crippen molar-refractivity contribution >= 4 is 5.91 Å².